The standard InChI is InChI=1S/C10H11BrN2O2/c1-7-9(8(2)15-12-7)6-13(3)10(14)4-5-11/h6H2,1-3H3. The van der Waals surface area contributed by atoms with Crippen molar-refractivity contribution in [2.45, 2.75) is 20.4 Å². The Morgan fingerprint density at radius 1 is 1.60 bits per heavy atom. The van der Waals surface area contributed by atoms with Gasteiger partial charge in [-0.2, -0.15) is 0 Å². The minimum Gasteiger partial charge on any atom is -0.361 e. The molecule has 1 rings (SSSR count). The second-order valence-corrected chi connectivity index (χ2v) is 3.58. The third kappa shape index (κ3) is 2.83. The molecule has 0 spiro atoms. The molecule has 0 aliphatic carbocycles. The predicted octanol–water partition coefficient (Wildman–Crippen LogP) is 1.61. The molecule has 0 saturated carbocycles. The molecule has 0 N–H and O–H groups in total. The highest BCUT2D eigenvalue weighted by Crippen LogP contribution is 2.13. The summed E-state index contributed by atoms with van der Waals surface area (Å²) in [6.07, 6.45) is 0. The Bertz CT molecular complexity index is 409. The van der Waals surface area contributed by atoms with E-state index in [1.807, 2.05) is 13.8 Å². The number of aryl methyl sites for hydroxylation is 2. The zero-order valence-electron chi connectivity index (χ0n) is 8.80. The molecule has 0 bridgehead atoms. The number of hydrogen-bond acceptors (Lipinski definition) is 3. The maximum absolute atomic E-state index is 11.4. The van der Waals surface area contributed by atoms with Gasteiger partial charge in [-0.15, -0.1) is 0 Å². The van der Waals surface area contributed by atoms with Gasteiger partial charge in [0.05, 0.1) is 12.2 Å². The summed E-state index contributed by atoms with van der Waals surface area (Å²) in [5.74, 6) is 2.89. The van der Waals surface area contributed by atoms with Gasteiger partial charge in [-0.3, -0.25) is 4.79 Å². The van der Waals surface area contributed by atoms with E-state index in [9.17, 15) is 4.79 Å². The third-order valence-electron chi connectivity index (χ3n) is 2.08. The van der Waals surface area contributed by atoms with E-state index >= 15 is 0 Å². The van der Waals surface area contributed by atoms with E-state index in [0.717, 1.165) is 17.0 Å². The molecule has 5 heteroatoms. The Morgan fingerprint density at radius 2 is 2.27 bits per heavy atom. The summed E-state index contributed by atoms with van der Waals surface area (Å²) in [6.45, 7) is 4.13. The highest BCUT2D eigenvalue weighted by atomic mass is 79.9. The number of carbonyl (C=O) groups excluding carboxylic acids is 1. The average Bonchev–Trinajstić information content (AvgIpc) is 2.49. The van der Waals surface area contributed by atoms with Crippen LogP contribution in [0.4, 0.5) is 0 Å². The van der Waals surface area contributed by atoms with E-state index in [2.05, 4.69) is 31.8 Å². The Hall–Kier alpha value is -1.28. The smallest absolute Gasteiger partial charge is 0.299 e. The molecular formula is C10H11BrN2O2. The molecule has 4 nitrogen and oxygen atoms in total. The summed E-state index contributed by atoms with van der Waals surface area (Å²) < 4.78 is 5.00. The first-order chi connectivity index (χ1) is 7.06. The molecule has 1 aromatic rings. The molecule has 0 fully saturated rings. The van der Waals surface area contributed by atoms with Gasteiger partial charge < -0.3 is 9.42 Å². The lowest BCUT2D eigenvalue weighted by Crippen LogP contribution is -2.24. The van der Waals surface area contributed by atoms with E-state index in [4.69, 9.17) is 4.52 Å². The van der Waals surface area contributed by atoms with Crippen LogP contribution in [-0.2, 0) is 11.3 Å². The average molecular weight is 271 g/mol. The predicted molar refractivity (Wildman–Crippen MR) is 59.2 cm³/mol. The van der Waals surface area contributed by atoms with Gasteiger partial charge in [-0.05, 0) is 18.7 Å². The van der Waals surface area contributed by atoms with Gasteiger partial charge in [0.15, 0.2) is 0 Å². The molecule has 0 aliphatic heterocycles. The Balaban J connectivity index is 2.77. The minimum atomic E-state index is -0.244. The van der Waals surface area contributed by atoms with E-state index in [0.29, 0.717) is 6.54 Å². The van der Waals surface area contributed by atoms with Gasteiger partial charge >= 0.3 is 0 Å². The van der Waals surface area contributed by atoms with Gasteiger partial charge in [0.25, 0.3) is 5.91 Å². The zero-order chi connectivity index (χ0) is 11.4. The molecule has 1 heterocycles. The maximum Gasteiger partial charge on any atom is 0.299 e. The van der Waals surface area contributed by atoms with Crippen molar-refractivity contribution in [3.63, 3.8) is 0 Å². The minimum absolute atomic E-state index is 0.244. The van der Waals surface area contributed by atoms with Crippen LogP contribution in [0.2, 0.25) is 0 Å². The first-order valence-electron chi connectivity index (χ1n) is 4.34. The quantitative estimate of drug-likeness (QED) is 0.768. The monoisotopic (exact) mass is 270 g/mol. The Kier molecular flexibility index (Phi) is 3.92. The topological polar surface area (TPSA) is 46.3 Å². The lowest BCUT2D eigenvalue weighted by molar-refractivity contribution is -0.124. The van der Waals surface area contributed by atoms with Crippen molar-refractivity contribution in [1.82, 2.24) is 10.1 Å². The van der Waals surface area contributed by atoms with Crippen LogP contribution in [0.25, 0.3) is 0 Å². The van der Waals surface area contributed by atoms with E-state index in [-0.39, 0.29) is 5.91 Å². The second kappa shape index (κ2) is 4.99. The molecule has 1 amide bonds. The summed E-state index contributed by atoms with van der Waals surface area (Å²) in [5.41, 5.74) is 1.74. The molecular weight excluding hydrogens is 260 g/mol. The summed E-state index contributed by atoms with van der Waals surface area (Å²) in [7, 11) is 1.69. The highest BCUT2D eigenvalue weighted by Gasteiger charge is 2.13. The second-order valence-electron chi connectivity index (χ2n) is 3.18. The number of rotatable bonds is 2. The van der Waals surface area contributed by atoms with Gasteiger partial charge in [-0.25, -0.2) is 0 Å². The van der Waals surface area contributed by atoms with Gasteiger partial charge in [-0.1, -0.05) is 5.16 Å². The van der Waals surface area contributed by atoms with Crippen LogP contribution in [0.15, 0.2) is 4.52 Å². The molecule has 0 aliphatic rings. The van der Waals surface area contributed by atoms with E-state index < -0.39 is 0 Å². The molecule has 80 valence electrons. The third-order valence-corrected chi connectivity index (χ3v) is 2.28. The molecule has 0 unspecified atom stereocenters. The van der Waals surface area contributed by atoms with Crippen LogP contribution >= 0.6 is 15.9 Å². The van der Waals surface area contributed by atoms with Crippen molar-refractivity contribution >= 4 is 21.8 Å². The van der Waals surface area contributed by atoms with Crippen molar-refractivity contribution in [3.8, 4) is 10.8 Å². The number of nitrogens with zero attached hydrogens (tertiary/aromatic N) is 2. The van der Waals surface area contributed by atoms with Gasteiger partial charge in [0.1, 0.15) is 5.76 Å². The maximum atomic E-state index is 11.4. The van der Waals surface area contributed by atoms with Crippen molar-refractivity contribution < 1.29 is 9.32 Å². The molecule has 0 atom stereocenters. The van der Waals surface area contributed by atoms with Crippen LogP contribution in [0.1, 0.15) is 17.0 Å². The van der Waals surface area contributed by atoms with E-state index in [1.54, 1.807) is 7.05 Å². The lowest BCUT2D eigenvalue weighted by atomic mass is 10.2. The SMILES string of the molecule is Cc1noc(C)c1CN(C)C(=O)C#CBr. The van der Waals surface area contributed by atoms with Gasteiger partial charge in [0.2, 0.25) is 0 Å². The highest BCUT2D eigenvalue weighted by molar-refractivity contribution is 9.12. The molecule has 1 aromatic heterocycles. The van der Waals surface area contributed by atoms with Crippen molar-refractivity contribution in [3.05, 3.63) is 17.0 Å². The van der Waals surface area contributed by atoms with Crippen LogP contribution in [-0.4, -0.2) is 23.0 Å². The van der Waals surface area contributed by atoms with Crippen molar-refractivity contribution in [2.75, 3.05) is 7.05 Å². The van der Waals surface area contributed by atoms with Crippen LogP contribution < -0.4 is 0 Å². The fourth-order valence-electron chi connectivity index (χ4n) is 1.17. The number of aromatic nitrogens is 1. The Labute approximate surface area is 96.7 Å². The van der Waals surface area contributed by atoms with Crippen molar-refractivity contribution in [2.24, 2.45) is 0 Å². The number of halogens is 1. The number of amides is 1. The lowest BCUT2D eigenvalue weighted by Gasteiger charge is -2.12. The first-order valence-corrected chi connectivity index (χ1v) is 5.14. The number of hydrogen-bond donors (Lipinski definition) is 0. The van der Waals surface area contributed by atoms with Crippen LogP contribution in [0.3, 0.4) is 0 Å². The summed E-state index contributed by atoms with van der Waals surface area (Å²) in [5, 5.41) is 3.82. The largest absolute Gasteiger partial charge is 0.361 e. The molecule has 0 saturated heterocycles. The van der Waals surface area contributed by atoms with E-state index in [1.165, 1.54) is 4.90 Å². The van der Waals surface area contributed by atoms with Crippen molar-refractivity contribution in [1.29, 1.82) is 0 Å². The first kappa shape index (κ1) is 11.8. The van der Waals surface area contributed by atoms with Crippen LogP contribution in [0.5, 0.6) is 0 Å². The molecule has 0 aromatic carbocycles. The Morgan fingerprint density at radius 3 is 2.73 bits per heavy atom. The molecule has 15 heavy (non-hydrogen) atoms. The summed E-state index contributed by atoms with van der Waals surface area (Å²) in [4.78, 5) is 15.3. The normalized spacial score (nSPS) is 9.33. The number of carbonyl (C=O) groups is 1. The summed E-state index contributed by atoms with van der Waals surface area (Å²) >= 11 is 2.89. The fourth-order valence-corrected chi connectivity index (χ4v) is 1.34. The van der Waals surface area contributed by atoms with Gasteiger partial charge in [0, 0.05) is 34.5 Å². The summed E-state index contributed by atoms with van der Waals surface area (Å²) in [6, 6.07) is 0. The zero-order valence-corrected chi connectivity index (χ0v) is 10.4. The molecule has 0 radical (unpaired) electrons. The fraction of sp³-hybridized carbons (Fsp3) is 0.400. The van der Waals surface area contributed by atoms with Crippen LogP contribution in [0, 0.1) is 24.6 Å².